The van der Waals surface area contributed by atoms with Gasteiger partial charge in [0, 0.05) is 18.2 Å². The maximum atomic E-state index is 11.9. The average molecular weight is 403 g/mol. The van der Waals surface area contributed by atoms with Crippen LogP contribution in [0.15, 0.2) is 24.3 Å². The van der Waals surface area contributed by atoms with E-state index in [4.69, 9.17) is 10.5 Å². The Morgan fingerprint density at radius 1 is 1.38 bits per heavy atom. The van der Waals surface area contributed by atoms with Gasteiger partial charge in [0.2, 0.25) is 0 Å². The highest BCUT2D eigenvalue weighted by molar-refractivity contribution is 5.69. The predicted octanol–water partition coefficient (Wildman–Crippen LogP) is 1.09. The number of rotatable bonds is 8. The van der Waals surface area contributed by atoms with Crippen LogP contribution in [0.2, 0.25) is 0 Å². The van der Waals surface area contributed by atoms with Crippen molar-refractivity contribution < 1.29 is 14.5 Å². The number of hydrogen-bond donors (Lipinski definition) is 2. The lowest BCUT2D eigenvalue weighted by molar-refractivity contribution is -0.385. The molecule has 11 heteroatoms. The minimum atomic E-state index is -0.652. The summed E-state index contributed by atoms with van der Waals surface area (Å²) in [5, 5.41) is 26.7. The second-order valence-electron chi connectivity index (χ2n) is 7.03. The molecule has 0 bridgehead atoms. The summed E-state index contributed by atoms with van der Waals surface area (Å²) in [6, 6.07) is 6.08. The van der Waals surface area contributed by atoms with Crippen LogP contribution in [0.4, 0.5) is 5.69 Å². The van der Waals surface area contributed by atoms with Crippen molar-refractivity contribution in [1.29, 1.82) is 0 Å². The molecule has 29 heavy (non-hydrogen) atoms. The number of aromatic nitrogens is 4. The van der Waals surface area contributed by atoms with E-state index >= 15 is 0 Å². The Morgan fingerprint density at radius 3 is 2.79 bits per heavy atom. The number of nitrogens with two attached hydrogens (primary N) is 1. The first-order chi connectivity index (χ1) is 14.0. The van der Waals surface area contributed by atoms with Crippen LogP contribution in [-0.2, 0) is 16.1 Å². The van der Waals surface area contributed by atoms with Gasteiger partial charge in [0.1, 0.15) is 12.6 Å². The molecule has 3 N–H and O–H groups in total. The van der Waals surface area contributed by atoms with Crippen molar-refractivity contribution in [2.75, 3.05) is 6.61 Å². The third-order valence-corrected chi connectivity index (χ3v) is 5.02. The minimum Gasteiger partial charge on any atom is -0.465 e. The van der Waals surface area contributed by atoms with Crippen LogP contribution >= 0.6 is 0 Å². The third kappa shape index (κ3) is 5.12. The van der Waals surface area contributed by atoms with Crippen LogP contribution in [0.25, 0.3) is 0 Å². The molecule has 156 valence electrons. The number of tetrazole rings is 1. The summed E-state index contributed by atoms with van der Waals surface area (Å²) in [4.78, 5) is 23.1. The first-order valence-electron chi connectivity index (χ1n) is 9.66. The molecule has 1 heterocycles. The number of hydrogen-bond acceptors (Lipinski definition) is 9. The molecule has 0 radical (unpaired) electrons. The van der Waals surface area contributed by atoms with Crippen molar-refractivity contribution in [2.45, 2.75) is 57.3 Å². The van der Waals surface area contributed by atoms with Crippen LogP contribution in [0.1, 0.15) is 50.0 Å². The van der Waals surface area contributed by atoms with Gasteiger partial charge in [-0.1, -0.05) is 18.2 Å². The standard InChI is InChI=1S/C18H25N7O4/c1-2-29-16(26)11-24-18(21-22-23-24)17(20-13-9-7-12(19)8-10-13)14-5-3-4-6-15(14)25(27)28/h3-6,12-13,17,20H,2,7-11,19H2,1H3. The van der Waals surface area contributed by atoms with Gasteiger partial charge in [0.15, 0.2) is 5.82 Å². The molecule has 0 spiro atoms. The van der Waals surface area contributed by atoms with Crippen molar-refractivity contribution in [3.05, 3.63) is 45.8 Å². The largest absolute Gasteiger partial charge is 0.465 e. The zero-order valence-corrected chi connectivity index (χ0v) is 16.2. The maximum Gasteiger partial charge on any atom is 0.327 e. The van der Waals surface area contributed by atoms with E-state index < -0.39 is 16.9 Å². The van der Waals surface area contributed by atoms with E-state index in [9.17, 15) is 14.9 Å². The summed E-state index contributed by atoms with van der Waals surface area (Å²) >= 11 is 0. The Balaban J connectivity index is 1.95. The van der Waals surface area contributed by atoms with E-state index in [0.29, 0.717) is 11.4 Å². The minimum absolute atomic E-state index is 0.0387. The van der Waals surface area contributed by atoms with Crippen LogP contribution in [-0.4, -0.2) is 49.8 Å². The normalized spacial score (nSPS) is 20.2. The van der Waals surface area contributed by atoms with Crippen molar-refractivity contribution >= 4 is 11.7 Å². The van der Waals surface area contributed by atoms with E-state index in [1.54, 1.807) is 25.1 Å². The smallest absolute Gasteiger partial charge is 0.327 e. The van der Waals surface area contributed by atoms with Gasteiger partial charge < -0.3 is 15.8 Å². The van der Waals surface area contributed by atoms with Gasteiger partial charge in [-0.25, -0.2) is 4.68 Å². The lowest BCUT2D eigenvalue weighted by Crippen LogP contribution is -2.40. The summed E-state index contributed by atoms with van der Waals surface area (Å²) in [5.41, 5.74) is 6.40. The number of nitrogens with zero attached hydrogens (tertiary/aromatic N) is 5. The zero-order chi connectivity index (χ0) is 20.8. The van der Waals surface area contributed by atoms with E-state index in [0.717, 1.165) is 25.7 Å². The van der Waals surface area contributed by atoms with Crippen molar-refractivity contribution in [3.63, 3.8) is 0 Å². The fourth-order valence-electron chi connectivity index (χ4n) is 3.58. The molecule has 0 saturated heterocycles. The molecule has 1 unspecified atom stereocenters. The number of esters is 1. The van der Waals surface area contributed by atoms with E-state index in [-0.39, 0.29) is 30.9 Å². The maximum absolute atomic E-state index is 11.9. The molecule has 1 aliphatic rings. The summed E-state index contributed by atoms with van der Waals surface area (Å²) in [6.07, 6.45) is 3.43. The van der Waals surface area contributed by atoms with E-state index in [2.05, 4.69) is 20.8 Å². The van der Waals surface area contributed by atoms with Crippen LogP contribution in [0, 0.1) is 10.1 Å². The number of carbonyl (C=O) groups excluding carboxylic acids is 1. The second-order valence-corrected chi connectivity index (χ2v) is 7.03. The monoisotopic (exact) mass is 403 g/mol. The predicted molar refractivity (Wildman–Crippen MR) is 103 cm³/mol. The fourth-order valence-corrected chi connectivity index (χ4v) is 3.58. The van der Waals surface area contributed by atoms with Gasteiger partial charge in [-0.2, -0.15) is 0 Å². The molecule has 1 aromatic carbocycles. The molecule has 0 amide bonds. The second kappa shape index (κ2) is 9.52. The molecular formula is C18H25N7O4. The fraction of sp³-hybridized carbons (Fsp3) is 0.556. The van der Waals surface area contributed by atoms with Crippen molar-refractivity contribution in [3.8, 4) is 0 Å². The number of para-hydroxylation sites is 1. The Kier molecular flexibility index (Phi) is 6.83. The van der Waals surface area contributed by atoms with Gasteiger partial charge >= 0.3 is 5.97 Å². The zero-order valence-electron chi connectivity index (χ0n) is 16.2. The summed E-state index contributed by atoms with van der Waals surface area (Å²) in [7, 11) is 0. The highest BCUT2D eigenvalue weighted by Gasteiger charge is 2.31. The first-order valence-corrected chi connectivity index (χ1v) is 9.66. The number of ether oxygens (including phenoxy) is 1. The number of nitrogens with one attached hydrogen (secondary N) is 1. The topological polar surface area (TPSA) is 151 Å². The molecule has 2 aromatic rings. The summed E-state index contributed by atoms with van der Waals surface area (Å²) in [5.74, 6) is -0.159. The quantitative estimate of drug-likeness (QED) is 0.375. The summed E-state index contributed by atoms with van der Waals surface area (Å²) in [6.45, 7) is 1.78. The van der Waals surface area contributed by atoms with Gasteiger partial charge in [0.05, 0.1) is 17.1 Å². The van der Waals surface area contributed by atoms with Gasteiger partial charge in [-0.3, -0.25) is 14.9 Å². The number of nitro benzene ring substituents is 1. The van der Waals surface area contributed by atoms with E-state index in [1.165, 1.54) is 10.7 Å². The van der Waals surface area contributed by atoms with Crippen molar-refractivity contribution in [1.82, 2.24) is 25.5 Å². The van der Waals surface area contributed by atoms with Crippen LogP contribution in [0.5, 0.6) is 0 Å². The highest BCUT2D eigenvalue weighted by atomic mass is 16.6. The molecule has 1 saturated carbocycles. The number of carbonyl (C=O) groups is 1. The molecule has 11 nitrogen and oxygen atoms in total. The lowest BCUT2D eigenvalue weighted by atomic mass is 9.90. The SMILES string of the molecule is CCOC(=O)Cn1nnnc1C(NC1CCC(N)CC1)c1ccccc1[N+](=O)[O-]. The number of nitro groups is 1. The molecule has 0 aliphatic heterocycles. The number of benzene rings is 1. The summed E-state index contributed by atoms with van der Waals surface area (Å²) < 4.78 is 6.30. The Labute approximate surface area is 167 Å². The third-order valence-electron chi connectivity index (χ3n) is 5.02. The first kappa shape index (κ1) is 20.8. The van der Waals surface area contributed by atoms with Gasteiger partial charge in [-0.05, 0) is 43.0 Å². The van der Waals surface area contributed by atoms with Gasteiger partial charge in [-0.15, -0.1) is 5.10 Å². The molecule has 1 aromatic heterocycles. The molecule has 1 fully saturated rings. The Bertz CT molecular complexity index is 848. The van der Waals surface area contributed by atoms with E-state index in [1.807, 2.05) is 0 Å². The lowest BCUT2D eigenvalue weighted by Gasteiger charge is -2.30. The highest BCUT2D eigenvalue weighted by Crippen LogP contribution is 2.31. The Hall–Kier alpha value is -2.92. The van der Waals surface area contributed by atoms with Crippen LogP contribution < -0.4 is 11.1 Å². The molecule has 1 atom stereocenters. The average Bonchev–Trinajstić information content (AvgIpc) is 3.15. The van der Waals surface area contributed by atoms with Gasteiger partial charge in [0.25, 0.3) is 5.69 Å². The van der Waals surface area contributed by atoms with Crippen LogP contribution in [0.3, 0.4) is 0 Å². The molecule has 3 rings (SSSR count). The molecular weight excluding hydrogens is 378 g/mol. The molecule has 1 aliphatic carbocycles. The Morgan fingerprint density at radius 2 is 2.10 bits per heavy atom. The van der Waals surface area contributed by atoms with Crippen molar-refractivity contribution in [2.24, 2.45) is 5.73 Å².